The number of anilines is 1. The molecule has 0 saturated carbocycles. The highest BCUT2D eigenvalue weighted by Crippen LogP contribution is 2.36. The molecule has 2 atom stereocenters. The van der Waals surface area contributed by atoms with Crippen LogP contribution in [-0.4, -0.2) is 39.7 Å². The molecule has 0 aromatic carbocycles. The second-order valence-electron chi connectivity index (χ2n) is 15.0. The molecule has 0 fully saturated rings. The maximum Gasteiger partial charge on any atom is 0.280 e. The smallest absolute Gasteiger partial charge is 0.280 e. The van der Waals surface area contributed by atoms with Gasteiger partial charge in [-0.15, -0.1) is 0 Å². The molecule has 48 heavy (non-hydrogen) atoms. The minimum Gasteiger partial charge on any atom is -0.492 e. The van der Waals surface area contributed by atoms with Gasteiger partial charge in [0.05, 0.1) is 15.8 Å². The number of aromatic nitrogens is 2. The van der Waals surface area contributed by atoms with Gasteiger partial charge < -0.3 is 10.0 Å². The van der Waals surface area contributed by atoms with Crippen molar-refractivity contribution >= 4 is 40.9 Å². The summed E-state index contributed by atoms with van der Waals surface area (Å²) in [5.74, 6) is -1.23. The number of hydrogen-bond acceptors (Lipinski definition) is 8. The van der Waals surface area contributed by atoms with Crippen molar-refractivity contribution < 1.29 is 14.7 Å². The van der Waals surface area contributed by atoms with Crippen molar-refractivity contribution in [2.45, 2.75) is 133 Å². The number of nitrogens with zero attached hydrogens (tertiary/aromatic N) is 5. The molecule has 10 heteroatoms. The van der Waals surface area contributed by atoms with Crippen LogP contribution in [0, 0.1) is 28.6 Å². The molecule has 0 aliphatic heterocycles. The molecule has 0 aliphatic rings. The van der Waals surface area contributed by atoms with Gasteiger partial charge in [0.1, 0.15) is 11.6 Å². The molecular weight excluding hydrogens is 623 g/mol. The first-order valence-electron chi connectivity index (χ1n) is 17.6. The number of rotatable bonds is 15. The van der Waals surface area contributed by atoms with Crippen molar-refractivity contribution in [1.29, 1.82) is 5.26 Å². The van der Waals surface area contributed by atoms with E-state index in [4.69, 9.17) is 4.98 Å². The number of amides is 2. The third kappa shape index (κ3) is 9.81. The monoisotopic (exact) mass is 681 g/mol. The predicted octanol–water partition coefficient (Wildman–Crippen LogP) is 6.72. The van der Waals surface area contributed by atoms with Crippen molar-refractivity contribution in [3.05, 3.63) is 36.9 Å². The second kappa shape index (κ2) is 17.3. The molecule has 0 radical (unpaired) electrons. The SMILES string of the molecule is C=c1c(C#N)c(O)n(N(C(C)=O)C(=O)C(C)(C)C)c(=O)/c1=C\c1sc(N(CC(CC)CCCC)CC(CC)CCCC)nc1C(C)(C)C. The molecule has 0 aliphatic carbocycles. The van der Waals surface area contributed by atoms with Crippen LogP contribution in [0.5, 0.6) is 5.88 Å². The largest absolute Gasteiger partial charge is 0.492 e. The van der Waals surface area contributed by atoms with E-state index in [-0.39, 0.29) is 16.0 Å². The lowest BCUT2D eigenvalue weighted by Gasteiger charge is -2.30. The standard InChI is InChI=1S/C38H59N5O4S/c1-13-17-19-27(15-3)23-41(24-28(16-4)20-18-14-2)36-40-32(37(7,8)9)31(48-36)21-29-25(5)30(22-39)34(46)43(33(29)45)42(26(6)44)35(47)38(10,11)12/h21,27-28,46H,5,13-20,23-24H2,1-4,6-12H3/b29-21-. The maximum atomic E-state index is 14.2. The highest BCUT2D eigenvalue weighted by atomic mass is 32.1. The van der Waals surface area contributed by atoms with Crippen LogP contribution in [0.2, 0.25) is 0 Å². The Bertz CT molecular complexity index is 1620. The molecule has 0 bridgehead atoms. The van der Waals surface area contributed by atoms with Gasteiger partial charge >= 0.3 is 0 Å². The van der Waals surface area contributed by atoms with E-state index in [0.29, 0.717) is 21.5 Å². The number of thiazole rings is 1. The van der Waals surface area contributed by atoms with Crippen LogP contribution in [0.25, 0.3) is 12.7 Å². The first kappa shape index (κ1) is 40.7. The van der Waals surface area contributed by atoms with Crippen LogP contribution < -0.4 is 25.9 Å². The number of carbonyl (C=O) groups is 2. The number of hydrogen-bond donors (Lipinski definition) is 1. The summed E-state index contributed by atoms with van der Waals surface area (Å²) in [6.07, 6.45) is 10.8. The number of unbranched alkanes of at least 4 members (excludes halogenated alkanes) is 2. The Morgan fingerprint density at radius 1 is 1.02 bits per heavy atom. The van der Waals surface area contributed by atoms with Crippen LogP contribution in [-0.2, 0) is 15.0 Å². The van der Waals surface area contributed by atoms with E-state index in [1.807, 2.05) is 6.07 Å². The van der Waals surface area contributed by atoms with E-state index >= 15 is 0 Å². The fourth-order valence-electron chi connectivity index (χ4n) is 5.77. The summed E-state index contributed by atoms with van der Waals surface area (Å²) < 4.78 is 0.610. The van der Waals surface area contributed by atoms with Gasteiger partial charge in [0.2, 0.25) is 11.8 Å². The summed E-state index contributed by atoms with van der Waals surface area (Å²) in [7, 11) is 0. The number of aromatic hydroxyl groups is 1. The Labute approximate surface area is 292 Å². The normalized spacial score (nSPS) is 13.7. The molecular formula is C38H59N5O4S. The van der Waals surface area contributed by atoms with E-state index < -0.39 is 34.1 Å². The average Bonchev–Trinajstić information content (AvgIpc) is 3.44. The van der Waals surface area contributed by atoms with Crippen LogP contribution in [0.3, 0.4) is 0 Å². The molecule has 2 aromatic heterocycles. The van der Waals surface area contributed by atoms with Crippen molar-refractivity contribution in [1.82, 2.24) is 9.66 Å². The lowest BCUT2D eigenvalue weighted by atomic mass is 9.91. The minimum absolute atomic E-state index is 0.00770. The summed E-state index contributed by atoms with van der Waals surface area (Å²) >= 11 is 1.50. The van der Waals surface area contributed by atoms with Crippen LogP contribution in [0.15, 0.2) is 4.79 Å². The summed E-state index contributed by atoms with van der Waals surface area (Å²) in [5.41, 5.74) is -1.78. The third-order valence-corrected chi connectivity index (χ3v) is 9.92. The van der Waals surface area contributed by atoms with Gasteiger partial charge in [-0.3, -0.25) is 14.4 Å². The summed E-state index contributed by atoms with van der Waals surface area (Å²) in [5, 5.41) is 22.7. The Morgan fingerprint density at radius 2 is 1.54 bits per heavy atom. The van der Waals surface area contributed by atoms with Gasteiger partial charge in [0.15, 0.2) is 5.13 Å². The van der Waals surface area contributed by atoms with Crippen LogP contribution in [0.1, 0.15) is 144 Å². The van der Waals surface area contributed by atoms with E-state index in [0.717, 1.165) is 74.2 Å². The molecule has 2 unspecified atom stereocenters. The fraction of sp³-hybridized carbons (Fsp3) is 0.658. The summed E-state index contributed by atoms with van der Waals surface area (Å²) in [6.45, 7) is 26.9. The fourth-order valence-corrected chi connectivity index (χ4v) is 7.01. The first-order chi connectivity index (χ1) is 22.4. The summed E-state index contributed by atoms with van der Waals surface area (Å²) in [4.78, 5) is 48.8. The van der Waals surface area contributed by atoms with E-state index in [9.17, 15) is 24.8 Å². The average molecular weight is 682 g/mol. The molecule has 2 amide bonds. The molecule has 2 heterocycles. The molecule has 2 aromatic rings. The number of imide groups is 1. The van der Waals surface area contributed by atoms with Gasteiger partial charge in [-0.2, -0.15) is 14.9 Å². The van der Waals surface area contributed by atoms with Crippen molar-refractivity contribution in [2.75, 3.05) is 23.0 Å². The van der Waals surface area contributed by atoms with Crippen LogP contribution in [0.4, 0.5) is 5.13 Å². The van der Waals surface area contributed by atoms with Crippen LogP contribution >= 0.6 is 11.3 Å². The quantitative estimate of drug-likeness (QED) is 0.222. The van der Waals surface area contributed by atoms with Crippen molar-refractivity contribution in [3.63, 3.8) is 0 Å². The molecule has 0 spiro atoms. The van der Waals surface area contributed by atoms with E-state index in [1.54, 1.807) is 26.8 Å². The first-order valence-corrected chi connectivity index (χ1v) is 18.4. The lowest BCUT2D eigenvalue weighted by molar-refractivity contribution is -0.133. The highest BCUT2D eigenvalue weighted by molar-refractivity contribution is 7.16. The second-order valence-corrected chi connectivity index (χ2v) is 16.1. The van der Waals surface area contributed by atoms with Crippen molar-refractivity contribution in [2.24, 2.45) is 17.3 Å². The molecule has 266 valence electrons. The molecule has 9 nitrogen and oxygen atoms in total. The Morgan fingerprint density at radius 3 is 1.94 bits per heavy atom. The van der Waals surface area contributed by atoms with Gasteiger partial charge in [-0.05, 0) is 30.8 Å². The summed E-state index contributed by atoms with van der Waals surface area (Å²) in [6, 6.07) is 1.92. The van der Waals surface area contributed by atoms with Gasteiger partial charge in [0.25, 0.3) is 11.5 Å². The molecule has 2 rings (SSSR count). The van der Waals surface area contributed by atoms with Gasteiger partial charge in [0, 0.05) is 36.1 Å². The van der Waals surface area contributed by atoms with Gasteiger partial charge in [-0.1, -0.05) is 126 Å². The Balaban J connectivity index is 2.97. The number of pyridine rings is 1. The zero-order chi connectivity index (χ0) is 36.6. The van der Waals surface area contributed by atoms with E-state index in [2.05, 4.69) is 59.9 Å². The Kier molecular flexibility index (Phi) is 14.7. The van der Waals surface area contributed by atoms with Crippen molar-refractivity contribution in [3.8, 4) is 11.9 Å². The number of nitriles is 1. The Hall–Kier alpha value is -3.45. The predicted molar refractivity (Wildman–Crippen MR) is 198 cm³/mol. The highest BCUT2D eigenvalue weighted by Gasteiger charge is 2.34. The molecule has 1 N–H and O–H groups in total. The zero-order valence-corrected chi connectivity index (χ0v) is 32.1. The zero-order valence-electron chi connectivity index (χ0n) is 31.3. The minimum atomic E-state index is -1.06. The van der Waals surface area contributed by atoms with E-state index in [1.165, 1.54) is 24.2 Å². The molecule has 0 saturated heterocycles. The number of carbonyl (C=O) groups excluding carboxylic acids is 2. The van der Waals surface area contributed by atoms with Gasteiger partial charge in [-0.25, -0.2) is 4.98 Å². The maximum absolute atomic E-state index is 14.2. The topological polar surface area (TPSA) is 120 Å². The third-order valence-electron chi connectivity index (χ3n) is 8.86. The lowest BCUT2D eigenvalue weighted by Crippen LogP contribution is -2.58.